The van der Waals surface area contributed by atoms with Gasteiger partial charge in [0.25, 0.3) is 5.56 Å². The summed E-state index contributed by atoms with van der Waals surface area (Å²) >= 11 is 18.6. The Hall–Kier alpha value is -3.36. The third-order valence-electron chi connectivity index (χ3n) is 5.69. The quantitative estimate of drug-likeness (QED) is 0.329. The third kappa shape index (κ3) is 5.65. The Kier molecular flexibility index (Phi) is 8.19. The van der Waals surface area contributed by atoms with Gasteiger partial charge in [0.1, 0.15) is 5.69 Å². The second kappa shape index (κ2) is 11.4. The van der Waals surface area contributed by atoms with Crippen LogP contribution in [-0.4, -0.2) is 27.0 Å². The highest BCUT2D eigenvalue weighted by Gasteiger charge is 2.23. The number of fused-ring (bicyclic) bond motifs is 2. The van der Waals surface area contributed by atoms with Gasteiger partial charge >= 0.3 is 0 Å². The van der Waals surface area contributed by atoms with E-state index in [-0.39, 0.29) is 5.56 Å². The van der Waals surface area contributed by atoms with Crippen molar-refractivity contribution in [2.24, 2.45) is 0 Å². The maximum absolute atomic E-state index is 13.3. The number of H-pyrrole nitrogens is 1. The summed E-state index contributed by atoms with van der Waals surface area (Å²) in [5.74, 6) is -1.08. The number of nitrogens with one attached hydrogen (secondary N) is 1. The number of nitrogens with zero attached hydrogens (tertiary/aromatic N) is 2. The average Bonchev–Trinajstić information content (AvgIpc) is 3.17. The molecule has 0 unspecified atom stereocenters. The molecular weight excluding hydrogens is 535 g/mol. The number of halogens is 3. The van der Waals surface area contributed by atoms with Crippen LogP contribution in [0, 0.1) is 0 Å². The number of hydrogen-bond acceptors (Lipinski definition) is 4. The van der Waals surface area contributed by atoms with Gasteiger partial charge in [-0.1, -0.05) is 65.1 Å². The summed E-state index contributed by atoms with van der Waals surface area (Å²) in [6, 6.07) is 19.0. The van der Waals surface area contributed by atoms with Crippen molar-refractivity contribution >= 4 is 62.7 Å². The number of carboxylic acid groups (broad SMARTS) is 1. The standard InChI is InChI=1S/C25H19Cl3N4O.C2H4O2/c26-15-8-6-14(7-9-15)24-22(16-4-1-2-5-21(16)32(24)11-3-10-29)23-25(33)31-20-13-18(28)17(27)12-19(20)30-23;1-2(3)4/h1-2,4-9,12-13H,3,10-11,29H2,(H,31,33);1H3,(H,3,4). The first-order valence-corrected chi connectivity index (χ1v) is 12.6. The number of benzene rings is 3. The van der Waals surface area contributed by atoms with Gasteiger partial charge < -0.3 is 25.2 Å². The number of carbonyl (C=O) groups is 1. The SMILES string of the molecule is CC(=O)[O-].[NH3+]CCCn1c(-c2ccc(Cl)cc2)c(-c2nc3cc(Cl)c(Cl)cc3[nH]c2=O)c2ccccc21. The molecule has 0 aliphatic carbocycles. The van der Waals surface area contributed by atoms with Crippen molar-refractivity contribution in [1.82, 2.24) is 14.5 Å². The van der Waals surface area contributed by atoms with Gasteiger partial charge in [0.15, 0.2) is 0 Å². The monoisotopic (exact) mass is 556 g/mol. The molecule has 0 atom stereocenters. The summed E-state index contributed by atoms with van der Waals surface area (Å²) < 4.78 is 2.24. The summed E-state index contributed by atoms with van der Waals surface area (Å²) in [4.78, 5) is 29.9. The highest BCUT2D eigenvalue weighted by atomic mass is 35.5. The molecule has 0 saturated carbocycles. The van der Waals surface area contributed by atoms with Crippen molar-refractivity contribution in [3.8, 4) is 22.5 Å². The van der Waals surface area contributed by atoms with E-state index in [0.717, 1.165) is 54.2 Å². The van der Waals surface area contributed by atoms with Crippen LogP contribution in [0.5, 0.6) is 0 Å². The van der Waals surface area contributed by atoms with Crippen LogP contribution in [0.4, 0.5) is 0 Å². The van der Waals surface area contributed by atoms with Gasteiger partial charge in [-0.25, -0.2) is 4.98 Å². The molecule has 0 fully saturated rings. The van der Waals surface area contributed by atoms with E-state index in [2.05, 4.69) is 21.4 Å². The number of quaternary nitrogens is 1. The lowest BCUT2D eigenvalue weighted by molar-refractivity contribution is -0.368. The molecule has 3 aromatic carbocycles. The van der Waals surface area contributed by atoms with Gasteiger partial charge in [0.2, 0.25) is 0 Å². The van der Waals surface area contributed by atoms with Crippen molar-refractivity contribution in [3.63, 3.8) is 0 Å². The predicted octanol–water partition coefficient (Wildman–Crippen LogP) is 4.56. The van der Waals surface area contributed by atoms with Crippen LogP contribution in [0.2, 0.25) is 15.1 Å². The van der Waals surface area contributed by atoms with Crippen LogP contribution < -0.4 is 16.4 Å². The fourth-order valence-corrected chi connectivity index (χ4v) is 4.65. The minimum atomic E-state index is -1.08. The first kappa shape index (κ1) is 26.7. The minimum absolute atomic E-state index is 0.295. The Labute approximate surface area is 227 Å². The van der Waals surface area contributed by atoms with E-state index in [9.17, 15) is 4.79 Å². The minimum Gasteiger partial charge on any atom is -0.550 e. The Morgan fingerprint density at radius 1 is 1.05 bits per heavy atom. The van der Waals surface area contributed by atoms with Gasteiger partial charge in [0, 0.05) is 40.4 Å². The van der Waals surface area contributed by atoms with E-state index >= 15 is 0 Å². The van der Waals surface area contributed by atoms with E-state index in [0.29, 0.717) is 31.8 Å². The Bertz CT molecular complexity index is 1660. The molecule has 4 N–H and O–H groups in total. The fraction of sp³-hybridized carbons (Fsp3) is 0.148. The Morgan fingerprint density at radius 3 is 2.38 bits per heavy atom. The maximum atomic E-state index is 13.3. The molecule has 190 valence electrons. The third-order valence-corrected chi connectivity index (χ3v) is 6.67. The molecule has 2 heterocycles. The lowest BCUT2D eigenvalue weighted by atomic mass is 10.0. The summed E-state index contributed by atoms with van der Waals surface area (Å²) in [7, 11) is 0. The summed E-state index contributed by atoms with van der Waals surface area (Å²) in [5.41, 5.74) is 8.80. The molecule has 37 heavy (non-hydrogen) atoms. The zero-order valence-electron chi connectivity index (χ0n) is 19.9. The van der Waals surface area contributed by atoms with Gasteiger partial charge in [-0.15, -0.1) is 0 Å². The molecule has 0 spiro atoms. The van der Waals surface area contributed by atoms with Gasteiger partial charge in [-0.05, 0) is 42.8 Å². The van der Waals surface area contributed by atoms with Gasteiger partial charge in [0.05, 0.1) is 33.3 Å². The van der Waals surface area contributed by atoms with Gasteiger partial charge in [-0.2, -0.15) is 0 Å². The first-order valence-electron chi connectivity index (χ1n) is 11.4. The van der Waals surface area contributed by atoms with Crippen LogP contribution in [0.3, 0.4) is 0 Å². The Balaban J connectivity index is 0.000000747. The normalized spacial score (nSPS) is 10.9. The number of aromatic nitrogens is 3. The molecule has 0 aliphatic rings. The summed E-state index contributed by atoms with van der Waals surface area (Å²) in [6.07, 6.45) is 0.897. The van der Waals surface area contributed by atoms with Crippen LogP contribution in [0.25, 0.3) is 44.5 Å². The van der Waals surface area contributed by atoms with Crippen LogP contribution in [0.15, 0.2) is 65.5 Å². The van der Waals surface area contributed by atoms with E-state index in [1.165, 1.54) is 0 Å². The van der Waals surface area contributed by atoms with Gasteiger partial charge in [-0.3, -0.25) is 4.79 Å². The second-order valence-corrected chi connectivity index (χ2v) is 9.55. The molecule has 5 aromatic rings. The molecular formula is C27H23Cl3N4O3. The largest absolute Gasteiger partial charge is 0.550 e. The predicted molar refractivity (Wildman–Crippen MR) is 147 cm³/mol. The number of carbonyl (C=O) groups excluding carboxylic acids is 1. The molecule has 10 heteroatoms. The van der Waals surface area contributed by atoms with Crippen molar-refractivity contribution in [1.29, 1.82) is 0 Å². The van der Waals surface area contributed by atoms with E-state index in [4.69, 9.17) is 49.7 Å². The second-order valence-electron chi connectivity index (χ2n) is 8.30. The smallest absolute Gasteiger partial charge is 0.275 e. The van der Waals surface area contributed by atoms with Crippen molar-refractivity contribution in [2.45, 2.75) is 19.9 Å². The molecule has 7 nitrogen and oxygen atoms in total. The molecule has 2 aromatic heterocycles. The average molecular weight is 558 g/mol. The molecule has 0 radical (unpaired) electrons. The van der Waals surface area contributed by atoms with E-state index < -0.39 is 5.97 Å². The number of carboxylic acids is 1. The number of rotatable bonds is 5. The van der Waals surface area contributed by atoms with Crippen LogP contribution in [-0.2, 0) is 11.3 Å². The maximum Gasteiger partial charge on any atom is 0.275 e. The zero-order valence-corrected chi connectivity index (χ0v) is 22.1. The number of aliphatic carboxylic acids is 1. The van der Waals surface area contributed by atoms with Crippen LogP contribution in [0.1, 0.15) is 13.3 Å². The molecule has 0 amide bonds. The number of hydrogen-bond donors (Lipinski definition) is 2. The van der Waals surface area contributed by atoms with Crippen molar-refractivity contribution in [2.75, 3.05) is 6.54 Å². The number of aryl methyl sites for hydroxylation is 1. The number of aromatic amines is 1. The molecule has 0 aliphatic heterocycles. The Morgan fingerprint density at radius 2 is 1.70 bits per heavy atom. The molecule has 0 saturated heterocycles. The fourth-order valence-electron chi connectivity index (χ4n) is 4.20. The molecule has 0 bridgehead atoms. The molecule has 5 rings (SSSR count). The zero-order chi connectivity index (χ0) is 26.7. The summed E-state index contributed by atoms with van der Waals surface area (Å²) in [6.45, 7) is 2.53. The lowest BCUT2D eigenvalue weighted by Crippen LogP contribution is -2.50. The first-order chi connectivity index (χ1) is 17.7. The topological polar surface area (TPSA) is 118 Å². The highest BCUT2D eigenvalue weighted by molar-refractivity contribution is 6.42. The van der Waals surface area contributed by atoms with Crippen molar-refractivity contribution < 1.29 is 15.6 Å². The van der Waals surface area contributed by atoms with Crippen LogP contribution >= 0.6 is 34.8 Å². The van der Waals surface area contributed by atoms with Crippen molar-refractivity contribution in [3.05, 3.63) is 86.1 Å². The number of para-hydroxylation sites is 1. The highest BCUT2D eigenvalue weighted by Crippen LogP contribution is 2.40. The van der Waals surface area contributed by atoms with E-state index in [1.54, 1.807) is 12.1 Å². The van der Waals surface area contributed by atoms with E-state index in [1.807, 2.05) is 42.5 Å². The lowest BCUT2D eigenvalue weighted by Gasteiger charge is -2.12. The summed E-state index contributed by atoms with van der Waals surface area (Å²) in [5, 5.41) is 11.2.